The number of carbonyl (C=O) groups is 1. The molecule has 0 aliphatic carbocycles. The molecule has 0 radical (unpaired) electrons. The Kier molecular flexibility index (Phi) is 5.62. The molecule has 1 unspecified atom stereocenters. The Labute approximate surface area is 173 Å². The second-order valence-corrected chi connectivity index (χ2v) is 8.09. The third-order valence-electron chi connectivity index (χ3n) is 4.71. The molecule has 7 nitrogen and oxygen atoms in total. The second kappa shape index (κ2) is 8.48. The lowest BCUT2D eigenvalue weighted by Gasteiger charge is -2.23. The van der Waals surface area contributed by atoms with Crippen molar-refractivity contribution in [1.29, 1.82) is 0 Å². The number of anilines is 2. The van der Waals surface area contributed by atoms with Crippen molar-refractivity contribution >= 4 is 34.3 Å². The van der Waals surface area contributed by atoms with E-state index in [0.717, 1.165) is 35.7 Å². The topological polar surface area (TPSA) is 83.9 Å². The highest BCUT2D eigenvalue weighted by atomic mass is 32.1. The minimum Gasteiger partial charge on any atom is -0.331 e. The third-order valence-corrected chi connectivity index (χ3v) is 5.47. The van der Waals surface area contributed by atoms with Crippen LogP contribution in [0.4, 0.5) is 10.9 Å². The van der Waals surface area contributed by atoms with Gasteiger partial charge in [-0.25, -0.2) is 9.97 Å². The van der Waals surface area contributed by atoms with E-state index < -0.39 is 0 Å². The smallest absolute Gasteiger partial charge is 0.247 e. The highest BCUT2D eigenvalue weighted by molar-refractivity contribution is 7.15. The van der Waals surface area contributed by atoms with Crippen molar-refractivity contribution in [1.82, 2.24) is 25.1 Å². The highest BCUT2D eigenvalue weighted by Crippen LogP contribution is 2.32. The first kappa shape index (κ1) is 19.2. The molecule has 1 amide bonds. The van der Waals surface area contributed by atoms with E-state index in [4.69, 9.17) is 0 Å². The van der Waals surface area contributed by atoms with Crippen molar-refractivity contribution in [2.24, 2.45) is 0 Å². The van der Waals surface area contributed by atoms with E-state index in [2.05, 4.69) is 25.5 Å². The summed E-state index contributed by atoms with van der Waals surface area (Å²) in [6.07, 6.45) is 5.34. The van der Waals surface area contributed by atoms with Gasteiger partial charge in [0, 0.05) is 18.7 Å². The van der Waals surface area contributed by atoms with Gasteiger partial charge in [-0.3, -0.25) is 4.79 Å². The standard InChI is InChI=1S/C21H22N6OS/c1-14-22-17(13-19(23-14)24-21-26-25-15(2)29-21)18-9-6-12-27(18)20(28)11-10-16-7-4-3-5-8-16/h3-5,7-8,10-11,13,18H,6,9,12H2,1-2H3,(H,22,23,24,26)/b11-10+. The summed E-state index contributed by atoms with van der Waals surface area (Å²) in [4.78, 5) is 23.8. The van der Waals surface area contributed by atoms with Crippen LogP contribution in [-0.4, -0.2) is 37.5 Å². The van der Waals surface area contributed by atoms with E-state index in [1.807, 2.05) is 61.2 Å². The molecular formula is C21H22N6OS. The number of benzene rings is 1. The van der Waals surface area contributed by atoms with Crippen LogP contribution < -0.4 is 5.32 Å². The number of aryl methyl sites for hydroxylation is 2. The minimum atomic E-state index is -0.0543. The maximum atomic E-state index is 12.8. The van der Waals surface area contributed by atoms with E-state index in [-0.39, 0.29) is 11.9 Å². The molecule has 1 aliphatic heterocycles. The molecule has 29 heavy (non-hydrogen) atoms. The monoisotopic (exact) mass is 406 g/mol. The Morgan fingerprint density at radius 2 is 2.03 bits per heavy atom. The second-order valence-electron chi connectivity index (χ2n) is 6.91. The quantitative estimate of drug-likeness (QED) is 0.643. The zero-order valence-corrected chi connectivity index (χ0v) is 17.2. The first-order valence-electron chi connectivity index (χ1n) is 9.55. The van der Waals surface area contributed by atoms with Gasteiger partial charge in [-0.2, -0.15) is 0 Å². The van der Waals surface area contributed by atoms with Gasteiger partial charge < -0.3 is 10.2 Å². The molecule has 0 saturated carbocycles. The van der Waals surface area contributed by atoms with Crippen LogP contribution in [0.15, 0.2) is 42.5 Å². The van der Waals surface area contributed by atoms with E-state index >= 15 is 0 Å². The van der Waals surface area contributed by atoms with E-state index in [0.29, 0.717) is 16.8 Å². The Morgan fingerprint density at radius 3 is 2.79 bits per heavy atom. The van der Waals surface area contributed by atoms with Crippen molar-refractivity contribution in [2.75, 3.05) is 11.9 Å². The molecule has 1 aromatic carbocycles. The van der Waals surface area contributed by atoms with Crippen molar-refractivity contribution in [3.8, 4) is 0 Å². The van der Waals surface area contributed by atoms with Crippen LogP contribution >= 0.6 is 11.3 Å². The molecule has 8 heteroatoms. The van der Waals surface area contributed by atoms with Crippen molar-refractivity contribution < 1.29 is 4.79 Å². The number of amides is 1. The number of hydrogen-bond acceptors (Lipinski definition) is 7. The van der Waals surface area contributed by atoms with Gasteiger partial charge in [0.25, 0.3) is 0 Å². The van der Waals surface area contributed by atoms with Gasteiger partial charge >= 0.3 is 0 Å². The molecular weight excluding hydrogens is 384 g/mol. The van der Waals surface area contributed by atoms with Crippen molar-refractivity contribution in [3.63, 3.8) is 0 Å². The summed E-state index contributed by atoms with van der Waals surface area (Å²) in [5.41, 5.74) is 1.86. The van der Waals surface area contributed by atoms with E-state index in [9.17, 15) is 4.79 Å². The number of aromatic nitrogens is 4. The maximum absolute atomic E-state index is 12.8. The SMILES string of the molecule is Cc1nc(Nc2nnc(C)s2)cc(C2CCCN2C(=O)/C=C/c2ccccc2)n1. The number of likely N-dealkylation sites (tertiary alicyclic amines) is 1. The van der Waals surface area contributed by atoms with Crippen molar-refractivity contribution in [2.45, 2.75) is 32.7 Å². The number of carbonyl (C=O) groups excluding carboxylic acids is 1. The Morgan fingerprint density at radius 1 is 1.21 bits per heavy atom. The molecule has 2 aromatic heterocycles. The van der Waals surface area contributed by atoms with Gasteiger partial charge in [0.15, 0.2) is 0 Å². The van der Waals surface area contributed by atoms with Gasteiger partial charge in [-0.1, -0.05) is 41.7 Å². The van der Waals surface area contributed by atoms with Crippen molar-refractivity contribution in [3.05, 3.63) is 64.6 Å². The van der Waals surface area contributed by atoms with Crippen LogP contribution in [-0.2, 0) is 4.79 Å². The summed E-state index contributed by atoms with van der Waals surface area (Å²) in [5, 5.41) is 12.9. The minimum absolute atomic E-state index is 0.00174. The molecule has 1 atom stereocenters. The fourth-order valence-corrected chi connectivity index (χ4v) is 4.05. The fourth-order valence-electron chi connectivity index (χ4n) is 3.45. The van der Waals surface area contributed by atoms with Gasteiger partial charge in [0.05, 0.1) is 11.7 Å². The lowest BCUT2D eigenvalue weighted by molar-refractivity contribution is -0.126. The number of rotatable bonds is 5. The lowest BCUT2D eigenvalue weighted by atomic mass is 10.1. The van der Waals surface area contributed by atoms with Crippen LogP contribution in [0.1, 0.15) is 41.0 Å². The largest absolute Gasteiger partial charge is 0.331 e. The summed E-state index contributed by atoms with van der Waals surface area (Å²) >= 11 is 1.47. The predicted molar refractivity (Wildman–Crippen MR) is 114 cm³/mol. The Hall–Kier alpha value is -3.13. The average molecular weight is 407 g/mol. The van der Waals surface area contributed by atoms with Crippen LogP contribution in [0.3, 0.4) is 0 Å². The van der Waals surface area contributed by atoms with Crippen LogP contribution in [0.25, 0.3) is 6.08 Å². The summed E-state index contributed by atoms with van der Waals surface area (Å²) in [7, 11) is 0. The highest BCUT2D eigenvalue weighted by Gasteiger charge is 2.30. The van der Waals surface area contributed by atoms with E-state index in [1.54, 1.807) is 6.08 Å². The zero-order chi connectivity index (χ0) is 20.2. The van der Waals surface area contributed by atoms with Gasteiger partial charge in [-0.05, 0) is 38.3 Å². The molecule has 1 aliphatic rings. The molecule has 4 rings (SSSR count). The van der Waals surface area contributed by atoms with Crippen LogP contribution in [0, 0.1) is 13.8 Å². The molecule has 1 saturated heterocycles. The number of hydrogen-bond donors (Lipinski definition) is 1. The number of nitrogens with one attached hydrogen (secondary N) is 1. The molecule has 0 bridgehead atoms. The van der Waals surface area contributed by atoms with Crippen LogP contribution in [0.2, 0.25) is 0 Å². The summed E-state index contributed by atoms with van der Waals surface area (Å²) in [6, 6.07) is 11.7. The molecule has 148 valence electrons. The maximum Gasteiger partial charge on any atom is 0.247 e. The fraction of sp³-hybridized carbons (Fsp3) is 0.286. The summed E-state index contributed by atoms with van der Waals surface area (Å²) in [5.74, 6) is 1.33. The van der Waals surface area contributed by atoms with Gasteiger partial charge in [-0.15, -0.1) is 10.2 Å². The van der Waals surface area contributed by atoms with Gasteiger partial charge in [0.1, 0.15) is 16.6 Å². The normalized spacial score (nSPS) is 16.5. The molecule has 3 aromatic rings. The first-order chi connectivity index (χ1) is 14.1. The average Bonchev–Trinajstić information content (AvgIpc) is 3.36. The lowest BCUT2D eigenvalue weighted by Crippen LogP contribution is -2.29. The molecule has 0 spiro atoms. The Bertz CT molecular complexity index is 1030. The first-order valence-corrected chi connectivity index (χ1v) is 10.4. The zero-order valence-electron chi connectivity index (χ0n) is 16.4. The Balaban J connectivity index is 1.53. The van der Waals surface area contributed by atoms with Crippen LogP contribution in [0.5, 0.6) is 0 Å². The molecule has 1 N–H and O–H groups in total. The number of nitrogens with zero attached hydrogens (tertiary/aromatic N) is 5. The summed E-state index contributed by atoms with van der Waals surface area (Å²) < 4.78 is 0. The van der Waals surface area contributed by atoms with Gasteiger partial charge in [0.2, 0.25) is 11.0 Å². The van der Waals surface area contributed by atoms with E-state index in [1.165, 1.54) is 11.3 Å². The predicted octanol–water partition coefficient (Wildman–Crippen LogP) is 4.07. The third kappa shape index (κ3) is 4.65. The molecule has 1 fully saturated rings. The molecule has 3 heterocycles. The summed E-state index contributed by atoms with van der Waals surface area (Å²) in [6.45, 7) is 4.49.